The molecule has 2 N–H and O–H groups in total. The van der Waals surface area contributed by atoms with Crippen molar-refractivity contribution >= 4 is 5.97 Å². The van der Waals surface area contributed by atoms with Crippen molar-refractivity contribution in [3.63, 3.8) is 0 Å². The SMILES string of the molecule is O=C(O)C1CCNCC12CC2C1CCc2cc(C#Cc3cccc(F)c3)ccc21. The molecule has 2 aromatic carbocycles. The summed E-state index contributed by atoms with van der Waals surface area (Å²) in [4.78, 5) is 11.8. The zero-order chi connectivity index (χ0) is 20.0. The standard InChI is InChI=1S/C25H24FNO2/c26-19-3-1-2-16(13-19)4-5-17-6-8-20-18(12-17)7-9-21(20)23-14-25(23)15-27-11-10-22(25)24(28)29/h1-3,6,8,12-13,21-23,27H,7,9-11,14-15H2,(H,28,29). The Hall–Kier alpha value is -2.64. The van der Waals surface area contributed by atoms with Crippen molar-refractivity contribution in [1.82, 2.24) is 5.32 Å². The first-order valence-corrected chi connectivity index (χ1v) is 10.4. The highest BCUT2D eigenvalue weighted by Gasteiger charge is 2.64. The maximum Gasteiger partial charge on any atom is 0.307 e. The molecule has 1 heterocycles. The van der Waals surface area contributed by atoms with Gasteiger partial charge in [0.25, 0.3) is 0 Å². The summed E-state index contributed by atoms with van der Waals surface area (Å²) in [5, 5.41) is 13.1. The lowest BCUT2D eigenvalue weighted by Gasteiger charge is -2.32. The number of nitrogens with one attached hydrogen (secondary N) is 1. The fraction of sp³-hybridized carbons (Fsp3) is 0.400. The third-order valence-corrected chi connectivity index (χ3v) is 7.16. The Morgan fingerprint density at radius 2 is 1.97 bits per heavy atom. The van der Waals surface area contributed by atoms with E-state index < -0.39 is 5.97 Å². The van der Waals surface area contributed by atoms with Crippen molar-refractivity contribution in [1.29, 1.82) is 0 Å². The molecular formula is C25H24FNO2. The third-order valence-electron chi connectivity index (χ3n) is 7.16. The fourth-order valence-electron chi connectivity index (χ4n) is 5.70. The third kappa shape index (κ3) is 3.24. The average molecular weight is 389 g/mol. The number of carboxylic acid groups (broad SMARTS) is 1. The van der Waals surface area contributed by atoms with Gasteiger partial charge in [-0.1, -0.05) is 24.0 Å². The number of carbonyl (C=O) groups is 1. The van der Waals surface area contributed by atoms with E-state index in [1.54, 1.807) is 6.07 Å². The molecule has 0 radical (unpaired) electrons. The Labute approximate surface area is 170 Å². The summed E-state index contributed by atoms with van der Waals surface area (Å²) in [6.07, 6.45) is 3.87. The second-order valence-electron chi connectivity index (χ2n) is 8.72. The minimum Gasteiger partial charge on any atom is -0.481 e. The van der Waals surface area contributed by atoms with Crippen molar-refractivity contribution in [2.45, 2.75) is 31.6 Å². The lowest BCUT2D eigenvalue weighted by Crippen LogP contribution is -2.43. The molecule has 1 saturated heterocycles. The van der Waals surface area contributed by atoms with Crippen molar-refractivity contribution < 1.29 is 14.3 Å². The number of hydrogen-bond acceptors (Lipinski definition) is 2. The molecule has 4 heteroatoms. The highest BCUT2D eigenvalue weighted by molar-refractivity contribution is 5.72. The van der Waals surface area contributed by atoms with Gasteiger partial charge in [0.15, 0.2) is 0 Å². The predicted molar refractivity (Wildman–Crippen MR) is 109 cm³/mol. The van der Waals surface area contributed by atoms with Crippen molar-refractivity contribution in [2.75, 3.05) is 13.1 Å². The molecule has 1 saturated carbocycles. The van der Waals surface area contributed by atoms with Gasteiger partial charge in [-0.25, -0.2) is 4.39 Å². The van der Waals surface area contributed by atoms with E-state index in [0.717, 1.165) is 44.3 Å². The highest BCUT2D eigenvalue weighted by Crippen LogP contribution is 2.66. The fourth-order valence-corrected chi connectivity index (χ4v) is 5.70. The molecule has 3 aliphatic rings. The smallest absolute Gasteiger partial charge is 0.307 e. The number of carboxylic acids is 1. The van der Waals surface area contributed by atoms with Crippen LogP contribution in [-0.4, -0.2) is 24.2 Å². The van der Waals surface area contributed by atoms with E-state index in [4.69, 9.17) is 0 Å². The highest BCUT2D eigenvalue weighted by atomic mass is 19.1. The van der Waals surface area contributed by atoms with Crippen LogP contribution in [-0.2, 0) is 11.2 Å². The Morgan fingerprint density at radius 3 is 2.76 bits per heavy atom. The van der Waals surface area contributed by atoms with Gasteiger partial charge in [-0.3, -0.25) is 4.79 Å². The molecule has 1 aliphatic heterocycles. The van der Waals surface area contributed by atoms with Crippen LogP contribution in [0, 0.1) is 34.9 Å². The molecule has 0 bridgehead atoms. The quantitative estimate of drug-likeness (QED) is 0.765. The number of piperidine rings is 1. The first-order chi connectivity index (χ1) is 14.1. The number of benzene rings is 2. The summed E-state index contributed by atoms with van der Waals surface area (Å²) in [5.41, 5.74) is 4.26. The molecule has 148 valence electrons. The van der Waals surface area contributed by atoms with Crippen LogP contribution in [0.5, 0.6) is 0 Å². The first-order valence-electron chi connectivity index (χ1n) is 10.4. The predicted octanol–water partition coefficient (Wildman–Crippen LogP) is 3.96. The van der Waals surface area contributed by atoms with Gasteiger partial charge in [0.2, 0.25) is 0 Å². The molecule has 4 unspecified atom stereocenters. The molecule has 0 amide bonds. The van der Waals surface area contributed by atoms with E-state index in [1.807, 2.05) is 12.1 Å². The normalized spacial score (nSPS) is 29.8. The monoisotopic (exact) mass is 389 g/mol. The van der Waals surface area contributed by atoms with Crippen LogP contribution in [0.2, 0.25) is 0 Å². The number of halogens is 1. The number of rotatable bonds is 2. The zero-order valence-electron chi connectivity index (χ0n) is 16.2. The van der Waals surface area contributed by atoms with Gasteiger partial charge in [-0.15, -0.1) is 0 Å². The number of aliphatic carboxylic acids is 1. The van der Waals surface area contributed by atoms with Gasteiger partial charge in [-0.2, -0.15) is 0 Å². The second kappa shape index (κ2) is 7.00. The summed E-state index contributed by atoms with van der Waals surface area (Å²) in [5.74, 6) is 5.99. The molecule has 2 fully saturated rings. The van der Waals surface area contributed by atoms with Crippen LogP contribution < -0.4 is 5.32 Å². The second-order valence-corrected chi connectivity index (χ2v) is 8.72. The summed E-state index contributed by atoms with van der Waals surface area (Å²) in [6.45, 7) is 1.64. The van der Waals surface area contributed by atoms with Gasteiger partial charge in [0, 0.05) is 17.7 Å². The Kier molecular flexibility index (Phi) is 4.44. The molecule has 3 nitrogen and oxygen atoms in total. The lowest BCUT2D eigenvalue weighted by molar-refractivity contribution is -0.145. The van der Waals surface area contributed by atoms with Crippen LogP contribution >= 0.6 is 0 Å². The summed E-state index contributed by atoms with van der Waals surface area (Å²) in [7, 11) is 0. The van der Waals surface area contributed by atoms with Crippen LogP contribution in [0.25, 0.3) is 0 Å². The van der Waals surface area contributed by atoms with E-state index >= 15 is 0 Å². The van der Waals surface area contributed by atoms with Crippen LogP contribution in [0.4, 0.5) is 4.39 Å². The molecule has 0 aromatic heterocycles. The van der Waals surface area contributed by atoms with E-state index in [2.05, 4.69) is 29.3 Å². The Bertz CT molecular complexity index is 1040. The minimum atomic E-state index is -0.629. The lowest BCUT2D eigenvalue weighted by atomic mass is 9.78. The van der Waals surface area contributed by atoms with Crippen LogP contribution in [0.15, 0.2) is 42.5 Å². The van der Waals surface area contributed by atoms with E-state index in [1.165, 1.54) is 23.3 Å². The van der Waals surface area contributed by atoms with E-state index in [9.17, 15) is 14.3 Å². The number of fused-ring (bicyclic) bond motifs is 1. The number of aryl methyl sites for hydroxylation is 1. The molecule has 2 aromatic rings. The molecule has 2 aliphatic carbocycles. The van der Waals surface area contributed by atoms with Gasteiger partial charge < -0.3 is 10.4 Å². The van der Waals surface area contributed by atoms with E-state index in [-0.39, 0.29) is 17.2 Å². The number of hydrogen-bond donors (Lipinski definition) is 2. The molecule has 29 heavy (non-hydrogen) atoms. The van der Waals surface area contributed by atoms with Crippen LogP contribution in [0.3, 0.4) is 0 Å². The van der Waals surface area contributed by atoms with E-state index in [0.29, 0.717) is 17.4 Å². The molecule has 5 rings (SSSR count). The maximum atomic E-state index is 13.3. The summed E-state index contributed by atoms with van der Waals surface area (Å²) < 4.78 is 13.3. The Balaban J connectivity index is 1.36. The van der Waals surface area contributed by atoms with Crippen molar-refractivity contribution in [2.24, 2.45) is 17.3 Å². The largest absolute Gasteiger partial charge is 0.481 e. The summed E-state index contributed by atoms with van der Waals surface area (Å²) >= 11 is 0. The molecule has 1 spiro atoms. The van der Waals surface area contributed by atoms with Crippen molar-refractivity contribution in [3.8, 4) is 11.8 Å². The average Bonchev–Trinajstić information content (AvgIpc) is 3.24. The Morgan fingerprint density at radius 1 is 1.14 bits per heavy atom. The first kappa shape index (κ1) is 18.4. The van der Waals surface area contributed by atoms with Crippen molar-refractivity contribution in [3.05, 3.63) is 70.5 Å². The topological polar surface area (TPSA) is 49.3 Å². The summed E-state index contributed by atoms with van der Waals surface area (Å²) in [6, 6.07) is 12.7. The maximum absolute atomic E-state index is 13.3. The van der Waals surface area contributed by atoms with Gasteiger partial charge in [0.05, 0.1) is 5.92 Å². The van der Waals surface area contributed by atoms with Gasteiger partial charge in [0.1, 0.15) is 5.82 Å². The van der Waals surface area contributed by atoms with Gasteiger partial charge in [-0.05, 0) is 90.9 Å². The van der Waals surface area contributed by atoms with Crippen LogP contribution in [0.1, 0.15) is 47.4 Å². The zero-order valence-corrected chi connectivity index (χ0v) is 16.2. The minimum absolute atomic E-state index is 0.0633. The van der Waals surface area contributed by atoms with Gasteiger partial charge >= 0.3 is 5.97 Å². The molecular weight excluding hydrogens is 365 g/mol. The molecule has 4 atom stereocenters.